The standard InChI is InChI=1S/C12H8O.C6H5N3/c1-3-7-11-9(5-1)10-6-2-4-8-12(10)13-11;1-2-5-4-8-9-6(5)7-3-1/h1-8H;1-4H,(H,7,8,9). The number of nitrogens with one attached hydrogen (secondary N) is 1. The van der Waals surface area contributed by atoms with Gasteiger partial charge in [-0.2, -0.15) is 5.10 Å². The highest BCUT2D eigenvalue weighted by atomic mass is 16.3. The van der Waals surface area contributed by atoms with Gasteiger partial charge in [0.2, 0.25) is 0 Å². The van der Waals surface area contributed by atoms with E-state index < -0.39 is 0 Å². The van der Waals surface area contributed by atoms with E-state index in [1.807, 2.05) is 48.5 Å². The van der Waals surface area contributed by atoms with E-state index in [4.69, 9.17) is 4.42 Å². The zero-order chi connectivity index (χ0) is 14.8. The molecule has 106 valence electrons. The Balaban J connectivity index is 0.000000122. The summed E-state index contributed by atoms with van der Waals surface area (Å²) < 4.78 is 5.65. The Morgan fingerprint density at radius 1 is 0.773 bits per heavy atom. The van der Waals surface area contributed by atoms with Crippen molar-refractivity contribution in [3.8, 4) is 0 Å². The SMILES string of the molecule is c1ccc2c(c1)oc1ccccc12.c1cnc2[nH]ncc2c1. The first-order valence-corrected chi connectivity index (χ1v) is 7.02. The third-order valence-corrected chi connectivity index (χ3v) is 3.50. The molecule has 0 aliphatic heterocycles. The number of fused-ring (bicyclic) bond motifs is 4. The van der Waals surface area contributed by atoms with Crippen molar-refractivity contribution in [2.75, 3.05) is 0 Å². The first-order chi connectivity index (χ1) is 10.9. The van der Waals surface area contributed by atoms with Crippen molar-refractivity contribution in [1.82, 2.24) is 15.2 Å². The second kappa shape index (κ2) is 5.33. The van der Waals surface area contributed by atoms with Crippen LogP contribution in [0.15, 0.2) is 77.5 Å². The third kappa shape index (κ3) is 2.20. The van der Waals surface area contributed by atoms with Crippen LogP contribution in [0.5, 0.6) is 0 Å². The van der Waals surface area contributed by atoms with Gasteiger partial charge in [0.1, 0.15) is 11.2 Å². The Morgan fingerprint density at radius 2 is 1.45 bits per heavy atom. The van der Waals surface area contributed by atoms with E-state index >= 15 is 0 Å². The largest absolute Gasteiger partial charge is 0.456 e. The molecule has 0 radical (unpaired) electrons. The maximum absolute atomic E-state index is 5.65. The number of H-pyrrole nitrogens is 1. The van der Waals surface area contributed by atoms with Gasteiger partial charge in [0, 0.05) is 22.4 Å². The van der Waals surface area contributed by atoms with Crippen LogP contribution in [0.4, 0.5) is 0 Å². The molecule has 0 spiro atoms. The average molecular weight is 287 g/mol. The lowest BCUT2D eigenvalue weighted by atomic mass is 10.2. The Labute approximate surface area is 126 Å². The summed E-state index contributed by atoms with van der Waals surface area (Å²) in [5.41, 5.74) is 2.77. The number of benzene rings is 2. The van der Waals surface area contributed by atoms with Gasteiger partial charge in [-0.1, -0.05) is 36.4 Å². The molecule has 0 saturated heterocycles. The Bertz CT molecular complexity index is 965. The smallest absolute Gasteiger partial charge is 0.155 e. The molecule has 22 heavy (non-hydrogen) atoms. The highest BCUT2D eigenvalue weighted by molar-refractivity contribution is 6.04. The molecule has 0 bridgehead atoms. The molecule has 3 heterocycles. The summed E-state index contributed by atoms with van der Waals surface area (Å²) in [5.74, 6) is 0. The molecule has 4 nitrogen and oxygen atoms in total. The average Bonchev–Trinajstić information content (AvgIpc) is 3.19. The fourth-order valence-electron chi connectivity index (χ4n) is 2.45. The van der Waals surface area contributed by atoms with Gasteiger partial charge in [0.15, 0.2) is 5.65 Å². The lowest BCUT2D eigenvalue weighted by Crippen LogP contribution is -1.71. The molecule has 0 amide bonds. The van der Waals surface area contributed by atoms with Crippen LogP contribution in [-0.2, 0) is 0 Å². The number of rotatable bonds is 0. The van der Waals surface area contributed by atoms with Crippen molar-refractivity contribution >= 4 is 33.0 Å². The van der Waals surface area contributed by atoms with Crippen LogP contribution in [0.1, 0.15) is 0 Å². The van der Waals surface area contributed by atoms with Crippen LogP contribution in [0.3, 0.4) is 0 Å². The molecule has 0 aliphatic rings. The molecule has 0 saturated carbocycles. The first kappa shape index (κ1) is 12.6. The summed E-state index contributed by atoms with van der Waals surface area (Å²) in [7, 11) is 0. The first-order valence-electron chi connectivity index (χ1n) is 7.02. The number of para-hydroxylation sites is 2. The quantitative estimate of drug-likeness (QED) is 0.455. The van der Waals surface area contributed by atoms with E-state index in [-0.39, 0.29) is 0 Å². The molecule has 3 aromatic heterocycles. The summed E-state index contributed by atoms with van der Waals surface area (Å²) in [4.78, 5) is 4.02. The molecule has 5 rings (SSSR count). The van der Waals surface area contributed by atoms with Crippen molar-refractivity contribution in [2.24, 2.45) is 0 Å². The molecular formula is C18H13N3O. The minimum absolute atomic E-state index is 0.845. The maximum Gasteiger partial charge on any atom is 0.155 e. The lowest BCUT2D eigenvalue weighted by Gasteiger charge is -1.85. The number of hydrogen-bond donors (Lipinski definition) is 1. The Kier molecular flexibility index (Phi) is 3.05. The predicted octanol–water partition coefficient (Wildman–Crippen LogP) is 4.54. The van der Waals surface area contributed by atoms with E-state index in [0.717, 1.165) is 22.2 Å². The van der Waals surface area contributed by atoms with Gasteiger partial charge in [-0.05, 0) is 24.3 Å². The summed E-state index contributed by atoms with van der Waals surface area (Å²) in [6, 6.07) is 20.1. The molecule has 1 N–H and O–H groups in total. The number of pyridine rings is 1. The molecule has 0 unspecified atom stereocenters. The molecule has 0 fully saturated rings. The van der Waals surface area contributed by atoms with Gasteiger partial charge in [0.05, 0.1) is 6.20 Å². The second-order valence-electron chi connectivity index (χ2n) is 4.91. The van der Waals surface area contributed by atoms with Crippen LogP contribution in [-0.4, -0.2) is 15.2 Å². The monoisotopic (exact) mass is 287 g/mol. The number of hydrogen-bond acceptors (Lipinski definition) is 3. The number of aromatic nitrogens is 3. The molecule has 2 aromatic carbocycles. The van der Waals surface area contributed by atoms with Crippen molar-refractivity contribution in [3.05, 3.63) is 73.1 Å². The summed E-state index contributed by atoms with van der Waals surface area (Å²) >= 11 is 0. The highest BCUT2D eigenvalue weighted by Crippen LogP contribution is 2.27. The summed E-state index contributed by atoms with van der Waals surface area (Å²) in [6.07, 6.45) is 3.49. The van der Waals surface area contributed by atoms with Gasteiger partial charge < -0.3 is 4.42 Å². The second-order valence-corrected chi connectivity index (χ2v) is 4.91. The van der Waals surface area contributed by atoms with Crippen LogP contribution in [0.2, 0.25) is 0 Å². The maximum atomic E-state index is 5.65. The number of nitrogens with zero attached hydrogens (tertiary/aromatic N) is 2. The zero-order valence-electron chi connectivity index (χ0n) is 11.7. The zero-order valence-corrected chi connectivity index (χ0v) is 11.7. The normalized spacial score (nSPS) is 10.7. The van der Waals surface area contributed by atoms with Crippen LogP contribution in [0.25, 0.3) is 33.0 Å². The van der Waals surface area contributed by atoms with Crippen LogP contribution in [0, 0.1) is 0 Å². The summed E-state index contributed by atoms with van der Waals surface area (Å²) in [6.45, 7) is 0. The van der Waals surface area contributed by atoms with Gasteiger partial charge in [-0.3, -0.25) is 5.10 Å². The van der Waals surface area contributed by atoms with E-state index in [0.29, 0.717) is 0 Å². The molecule has 4 heteroatoms. The fraction of sp³-hybridized carbons (Fsp3) is 0. The lowest BCUT2D eigenvalue weighted by molar-refractivity contribution is 0.669. The van der Waals surface area contributed by atoms with Crippen molar-refractivity contribution in [3.63, 3.8) is 0 Å². The van der Waals surface area contributed by atoms with Gasteiger partial charge in [-0.25, -0.2) is 4.98 Å². The van der Waals surface area contributed by atoms with E-state index in [9.17, 15) is 0 Å². The minimum Gasteiger partial charge on any atom is -0.456 e. The number of furan rings is 1. The van der Waals surface area contributed by atoms with Crippen molar-refractivity contribution < 1.29 is 4.42 Å². The third-order valence-electron chi connectivity index (χ3n) is 3.50. The molecule has 5 aromatic rings. The van der Waals surface area contributed by atoms with Gasteiger partial charge >= 0.3 is 0 Å². The summed E-state index contributed by atoms with van der Waals surface area (Å²) in [5, 5.41) is 10.0. The topological polar surface area (TPSA) is 54.7 Å². The van der Waals surface area contributed by atoms with Gasteiger partial charge in [0.25, 0.3) is 0 Å². The number of aromatic amines is 1. The van der Waals surface area contributed by atoms with Crippen molar-refractivity contribution in [1.29, 1.82) is 0 Å². The minimum atomic E-state index is 0.845. The highest BCUT2D eigenvalue weighted by Gasteiger charge is 2.03. The molecule has 0 aliphatic carbocycles. The van der Waals surface area contributed by atoms with E-state index in [1.54, 1.807) is 12.4 Å². The van der Waals surface area contributed by atoms with Crippen LogP contribution >= 0.6 is 0 Å². The Hall–Kier alpha value is -3.14. The molecule has 0 atom stereocenters. The van der Waals surface area contributed by atoms with E-state index in [2.05, 4.69) is 27.3 Å². The van der Waals surface area contributed by atoms with Crippen molar-refractivity contribution in [2.45, 2.75) is 0 Å². The van der Waals surface area contributed by atoms with Gasteiger partial charge in [-0.15, -0.1) is 0 Å². The van der Waals surface area contributed by atoms with Crippen LogP contribution < -0.4 is 0 Å². The van der Waals surface area contributed by atoms with E-state index in [1.165, 1.54) is 10.8 Å². The Morgan fingerprint density at radius 3 is 2.14 bits per heavy atom. The predicted molar refractivity (Wildman–Crippen MR) is 87.6 cm³/mol. The molecular weight excluding hydrogens is 274 g/mol. The fourth-order valence-corrected chi connectivity index (χ4v) is 2.45.